The molecule has 0 bridgehead atoms. The Morgan fingerprint density at radius 3 is 2.53 bits per heavy atom. The zero-order valence-corrected chi connectivity index (χ0v) is 11.7. The molecule has 0 aromatic heterocycles. The molecule has 102 valence electrons. The van der Waals surface area contributed by atoms with Crippen molar-refractivity contribution in [3.63, 3.8) is 0 Å². The number of hydrogen-bond donors (Lipinski definition) is 0. The molecule has 1 fully saturated rings. The molecule has 1 aliphatic carbocycles. The van der Waals surface area contributed by atoms with Gasteiger partial charge in [-0.05, 0) is 50.2 Å². The number of rotatable bonds is 6. The largest absolute Gasteiger partial charge is 0.382 e. The van der Waals surface area contributed by atoms with Crippen LogP contribution in [-0.4, -0.2) is 19.3 Å². The smallest absolute Gasteiger partial charge is 0.235 e. The van der Waals surface area contributed by atoms with E-state index in [0.29, 0.717) is 0 Å². The van der Waals surface area contributed by atoms with Gasteiger partial charge in [0, 0.05) is 7.11 Å². The van der Waals surface area contributed by atoms with E-state index >= 15 is 0 Å². The number of nitrogens with zero attached hydrogens (tertiary/aromatic N) is 1. The number of aliphatic imine (C=N–C) groups is 1. The summed E-state index contributed by atoms with van der Waals surface area (Å²) in [6.45, 7) is 2.08. The van der Waals surface area contributed by atoms with Crippen molar-refractivity contribution in [2.45, 2.75) is 50.7 Å². The molecule has 0 saturated heterocycles. The van der Waals surface area contributed by atoms with Crippen molar-refractivity contribution in [3.8, 4) is 0 Å². The lowest BCUT2D eigenvalue weighted by Crippen LogP contribution is -2.31. The monoisotopic (exact) mass is 259 g/mol. The molecule has 0 amide bonds. The quantitative estimate of drug-likeness (QED) is 0.580. The normalized spacial score (nSPS) is 18.2. The van der Waals surface area contributed by atoms with E-state index in [0.717, 1.165) is 37.7 Å². The van der Waals surface area contributed by atoms with Crippen molar-refractivity contribution in [1.29, 1.82) is 0 Å². The predicted octanol–water partition coefficient (Wildman–Crippen LogP) is 3.37. The number of carbonyl (C=O) groups excluding carboxylic acids is 1. The molecule has 1 aliphatic rings. The minimum atomic E-state index is -0.278. The minimum absolute atomic E-state index is 0.278. The maximum atomic E-state index is 10.6. The van der Waals surface area contributed by atoms with Crippen molar-refractivity contribution >= 4 is 6.08 Å². The van der Waals surface area contributed by atoms with Crippen molar-refractivity contribution in [1.82, 2.24) is 0 Å². The summed E-state index contributed by atoms with van der Waals surface area (Å²) < 4.78 is 5.25. The second-order valence-electron chi connectivity index (χ2n) is 5.37. The lowest BCUT2D eigenvalue weighted by molar-refractivity contribution is 0.111. The molecule has 0 aliphatic heterocycles. The number of methoxy groups -OCH3 is 1. The van der Waals surface area contributed by atoms with Crippen LogP contribution in [0.5, 0.6) is 0 Å². The first kappa shape index (κ1) is 14.0. The lowest BCUT2D eigenvalue weighted by Gasteiger charge is -2.37. The zero-order chi connectivity index (χ0) is 13.7. The molecule has 3 nitrogen and oxygen atoms in total. The van der Waals surface area contributed by atoms with Gasteiger partial charge >= 0.3 is 0 Å². The van der Waals surface area contributed by atoms with Crippen molar-refractivity contribution in [2.75, 3.05) is 7.11 Å². The van der Waals surface area contributed by atoms with Crippen LogP contribution < -0.4 is 0 Å². The number of isocyanates is 1. The predicted molar refractivity (Wildman–Crippen MR) is 74.9 cm³/mol. The Hall–Kier alpha value is -1.44. The van der Waals surface area contributed by atoms with Crippen molar-refractivity contribution in [2.24, 2.45) is 4.99 Å². The first-order chi connectivity index (χ1) is 9.20. The second kappa shape index (κ2) is 6.14. The van der Waals surface area contributed by atoms with E-state index in [2.05, 4.69) is 36.2 Å². The standard InChI is InChI=1S/C16H21NO2/c1-13(19-2)4-5-14-6-8-15(9-7-14)16(17-12-18)10-3-11-16/h6-9,13H,3-5,10-11H2,1-2H3. The molecule has 1 saturated carbocycles. The maximum absolute atomic E-state index is 10.6. The summed E-state index contributed by atoms with van der Waals surface area (Å²) in [7, 11) is 1.74. The fourth-order valence-electron chi connectivity index (χ4n) is 2.53. The van der Waals surface area contributed by atoms with Gasteiger partial charge in [-0.2, -0.15) is 4.99 Å². The molecular weight excluding hydrogens is 238 g/mol. The van der Waals surface area contributed by atoms with Crippen LogP contribution in [0.25, 0.3) is 0 Å². The van der Waals surface area contributed by atoms with Crippen LogP contribution in [0, 0.1) is 0 Å². The van der Waals surface area contributed by atoms with E-state index in [1.807, 2.05) is 0 Å². The Morgan fingerprint density at radius 2 is 2.05 bits per heavy atom. The summed E-state index contributed by atoms with van der Waals surface area (Å²) in [5.74, 6) is 0. The fourth-order valence-corrected chi connectivity index (χ4v) is 2.53. The van der Waals surface area contributed by atoms with Gasteiger partial charge < -0.3 is 4.74 Å². The Kier molecular flexibility index (Phi) is 4.52. The third kappa shape index (κ3) is 3.12. The van der Waals surface area contributed by atoms with Gasteiger partial charge in [-0.15, -0.1) is 0 Å². The Morgan fingerprint density at radius 1 is 1.37 bits per heavy atom. The van der Waals surface area contributed by atoms with E-state index < -0.39 is 0 Å². The van der Waals surface area contributed by atoms with Gasteiger partial charge in [0.2, 0.25) is 6.08 Å². The van der Waals surface area contributed by atoms with E-state index in [-0.39, 0.29) is 11.6 Å². The van der Waals surface area contributed by atoms with Crippen molar-refractivity contribution in [3.05, 3.63) is 35.4 Å². The van der Waals surface area contributed by atoms with Gasteiger partial charge in [-0.1, -0.05) is 24.3 Å². The lowest BCUT2D eigenvalue weighted by atomic mass is 9.72. The first-order valence-corrected chi connectivity index (χ1v) is 6.91. The number of hydrogen-bond acceptors (Lipinski definition) is 3. The van der Waals surface area contributed by atoms with Crippen LogP contribution in [-0.2, 0) is 21.5 Å². The van der Waals surface area contributed by atoms with Gasteiger partial charge in [-0.25, -0.2) is 4.79 Å². The molecule has 19 heavy (non-hydrogen) atoms. The Bertz CT molecular complexity index is 456. The maximum Gasteiger partial charge on any atom is 0.235 e. The topological polar surface area (TPSA) is 38.7 Å². The van der Waals surface area contributed by atoms with Crippen LogP contribution in [0.1, 0.15) is 43.7 Å². The molecule has 1 aromatic rings. The zero-order valence-electron chi connectivity index (χ0n) is 11.7. The molecule has 3 heteroatoms. The number of benzene rings is 1. The SMILES string of the molecule is COC(C)CCc1ccc(C2(N=C=O)CCC2)cc1. The van der Waals surface area contributed by atoms with Gasteiger partial charge in [0.15, 0.2) is 0 Å². The fraction of sp³-hybridized carbons (Fsp3) is 0.562. The molecular formula is C16H21NO2. The van der Waals surface area contributed by atoms with Gasteiger partial charge in [0.25, 0.3) is 0 Å². The average Bonchev–Trinajstić information content (AvgIpc) is 2.41. The highest BCUT2D eigenvalue weighted by Crippen LogP contribution is 2.44. The average molecular weight is 259 g/mol. The van der Waals surface area contributed by atoms with Crippen LogP contribution >= 0.6 is 0 Å². The van der Waals surface area contributed by atoms with Crippen LogP contribution in [0.15, 0.2) is 29.3 Å². The molecule has 2 rings (SSSR count). The van der Waals surface area contributed by atoms with Crippen molar-refractivity contribution < 1.29 is 9.53 Å². The summed E-state index contributed by atoms with van der Waals surface area (Å²) >= 11 is 0. The summed E-state index contributed by atoms with van der Waals surface area (Å²) in [6, 6.07) is 8.48. The number of ether oxygens (including phenoxy) is 1. The van der Waals surface area contributed by atoms with E-state index in [9.17, 15) is 4.79 Å². The molecule has 1 atom stereocenters. The number of aryl methyl sites for hydroxylation is 1. The molecule has 0 radical (unpaired) electrons. The molecule has 0 spiro atoms. The van der Waals surface area contributed by atoms with Crippen LogP contribution in [0.4, 0.5) is 0 Å². The summed E-state index contributed by atoms with van der Waals surface area (Å²) in [5, 5.41) is 0. The highest BCUT2D eigenvalue weighted by molar-refractivity contribution is 5.40. The van der Waals surface area contributed by atoms with Gasteiger partial charge in [0.1, 0.15) is 0 Å². The van der Waals surface area contributed by atoms with Gasteiger partial charge in [0.05, 0.1) is 11.6 Å². The minimum Gasteiger partial charge on any atom is -0.382 e. The van der Waals surface area contributed by atoms with E-state index in [1.54, 1.807) is 13.2 Å². The highest BCUT2D eigenvalue weighted by atomic mass is 16.5. The molecule has 1 aromatic carbocycles. The highest BCUT2D eigenvalue weighted by Gasteiger charge is 2.38. The summed E-state index contributed by atoms with van der Waals surface area (Å²) in [5.41, 5.74) is 2.17. The molecule has 1 unspecified atom stereocenters. The molecule has 0 heterocycles. The van der Waals surface area contributed by atoms with Crippen LogP contribution in [0.3, 0.4) is 0 Å². The Balaban J connectivity index is 2.04. The summed E-state index contributed by atoms with van der Waals surface area (Å²) in [4.78, 5) is 14.6. The Labute approximate surface area is 114 Å². The molecule has 0 N–H and O–H groups in total. The first-order valence-electron chi connectivity index (χ1n) is 6.91. The third-order valence-electron chi connectivity index (χ3n) is 4.17. The second-order valence-corrected chi connectivity index (χ2v) is 5.37. The van der Waals surface area contributed by atoms with Gasteiger partial charge in [-0.3, -0.25) is 0 Å². The van der Waals surface area contributed by atoms with E-state index in [4.69, 9.17) is 4.74 Å². The summed E-state index contributed by atoms with van der Waals surface area (Å²) in [6.07, 6.45) is 7.11. The van der Waals surface area contributed by atoms with Crippen LogP contribution in [0.2, 0.25) is 0 Å². The third-order valence-corrected chi connectivity index (χ3v) is 4.17. The van der Waals surface area contributed by atoms with E-state index in [1.165, 1.54) is 5.56 Å².